The first-order valence-corrected chi connectivity index (χ1v) is 10.9. The third kappa shape index (κ3) is 7.67. The molecule has 194 valence electrons. The molecule has 3 rings (SSSR count). The molecule has 0 atom stereocenters. The van der Waals surface area contributed by atoms with Crippen LogP contribution in [-0.2, 0) is 9.59 Å². The van der Waals surface area contributed by atoms with Gasteiger partial charge in [0.15, 0.2) is 23.2 Å². The second-order valence-corrected chi connectivity index (χ2v) is 7.66. The van der Waals surface area contributed by atoms with Gasteiger partial charge in [0, 0.05) is 38.1 Å². The second-order valence-electron chi connectivity index (χ2n) is 7.66. The molecule has 3 aromatic rings. The Kier molecular flexibility index (Phi) is 8.75. The van der Waals surface area contributed by atoms with Gasteiger partial charge in [-0.1, -0.05) is 0 Å². The van der Waals surface area contributed by atoms with Gasteiger partial charge in [-0.25, -0.2) is 9.98 Å². The standard InChI is InChI=1S/C24H22N8O6/c1-15(33)23(29-27-19-7-11-21(12-8-19)31(35)36)25-17-3-5-18(6-4-17)26-24(16(2)34)30-28-20-9-13-22(14-10-20)32(37)38/h3-14,27-28H,1-2H3,(H,25,29)(H,26,30). The summed E-state index contributed by atoms with van der Waals surface area (Å²) in [6, 6.07) is 17.6. The molecule has 0 saturated carbocycles. The number of nitro benzene ring substituents is 2. The van der Waals surface area contributed by atoms with Gasteiger partial charge in [-0.05, 0) is 48.5 Å². The Labute approximate surface area is 215 Å². The van der Waals surface area contributed by atoms with Crippen molar-refractivity contribution in [1.82, 2.24) is 10.9 Å². The molecule has 4 N–H and O–H groups in total. The molecule has 0 aromatic heterocycles. The van der Waals surface area contributed by atoms with Crippen molar-refractivity contribution in [2.24, 2.45) is 9.98 Å². The summed E-state index contributed by atoms with van der Waals surface area (Å²) in [6.45, 7) is 2.65. The van der Waals surface area contributed by atoms with Crippen molar-refractivity contribution in [1.29, 1.82) is 0 Å². The highest BCUT2D eigenvalue weighted by Crippen LogP contribution is 2.20. The van der Waals surface area contributed by atoms with Crippen LogP contribution in [0.1, 0.15) is 13.8 Å². The maximum absolute atomic E-state index is 12.0. The number of non-ortho nitro benzene ring substituents is 2. The van der Waals surface area contributed by atoms with Gasteiger partial charge >= 0.3 is 0 Å². The van der Waals surface area contributed by atoms with Crippen LogP contribution in [0, 0.1) is 20.2 Å². The number of Topliss-reactive ketones (excluding diaryl/α,β-unsaturated/α-hetero) is 2. The average molecular weight is 518 g/mol. The van der Waals surface area contributed by atoms with Crippen LogP contribution in [0.4, 0.5) is 34.1 Å². The number of amidine groups is 2. The number of hydrazine groups is 2. The van der Waals surface area contributed by atoms with Gasteiger partial charge in [0.25, 0.3) is 11.4 Å². The fourth-order valence-electron chi connectivity index (χ4n) is 2.84. The fourth-order valence-corrected chi connectivity index (χ4v) is 2.84. The summed E-state index contributed by atoms with van der Waals surface area (Å²) in [5.74, 6) is -0.722. The quantitative estimate of drug-likeness (QED) is 0.132. The van der Waals surface area contributed by atoms with Gasteiger partial charge in [0.05, 0.1) is 32.6 Å². The van der Waals surface area contributed by atoms with Crippen LogP contribution >= 0.6 is 0 Å². The van der Waals surface area contributed by atoms with Crippen molar-refractivity contribution in [3.05, 3.63) is 93.0 Å². The SMILES string of the molecule is CC(=O)C(=Nc1ccc(N=C(NNc2ccc([N+](=O)[O-])cc2)C(C)=O)cc1)NNc1ccc([N+](=O)[O-])cc1. The number of rotatable bonds is 10. The number of nitro groups is 2. The minimum atomic E-state index is -0.516. The summed E-state index contributed by atoms with van der Waals surface area (Å²) in [5.41, 5.74) is 12.6. The molecule has 38 heavy (non-hydrogen) atoms. The highest BCUT2D eigenvalue weighted by molar-refractivity contribution is 6.39. The number of aliphatic imine (C=N–C) groups is 2. The van der Waals surface area contributed by atoms with Crippen molar-refractivity contribution in [2.75, 3.05) is 10.9 Å². The molecule has 0 spiro atoms. The Bertz CT molecular complexity index is 1290. The maximum Gasteiger partial charge on any atom is 0.269 e. The van der Waals surface area contributed by atoms with Crippen LogP contribution in [0.25, 0.3) is 0 Å². The van der Waals surface area contributed by atoms with Gasteiger partial charge < -0.3 is 0 Å². The molecular formula is C24H22N8O6. The number of benzene rings is 3. The summed E-state index contributed by atoms with van der Waals surface area (Å²) >= 11 is 0. The van der Waals surface area contributed by atoms with Crippen molar-refractivity contribution < 1.29 is 19.4 Å². The smallest absolute Gasteiger partial charge is 0.269 e. The predicted octanol–water partition coefficient (Wildman–Crippen LogP) is 3.97. The molecule has 14 heteroatoms. The Hall–Kier alpha value is -5.66. The lowest BCUT2D eigenvalue weighted by Gasteiger charge is -2.11. The van der Waals surface area contributed by atoms with Crippen molar-refractivity contribution in [2.45, 2.75) is 13.8 Å². The number of carbonyl (C=O) groups excluding carboxylic acids is 2. The van der Waals surface area contributed by atoms with Crippen LogP contribution in [0.3, 0.4) is 0 Å². The van der Waals surface area contributed by atoms with E-state index in [1.165, 1.54) is 62.4 Å². The third-order valence-electron chi connectivity index (χ3n) is 4.81. The molecule has 0 aliphatic rings. The van der Waals surface area contributed by atoms with Crippen molar-refractivity contribution in [3.63, 3.8) is 0 Å². The number of hydrogen-bond acceptors (Lipinski definition) is 10. The highest BCUT2D eigenvalue weighted by atomic mass is 16.6. The minimum Gasteiger partial charge on any atom is -0.300 e. The summed E-state index contributed by atoms with van der Waals surface area (Å²) in [6.07, 6.45) is 0. The Balaban J connectivity index is 1.67. The largest absolute Gasteiger partial charge is 0.300 e. The molecule has 3 aromatic carbocycles. The zero-order valence-electron chi connectivity index (χ0n) is 20.2. The lowest BCUT2D eigenvalue weighted by molar-refractivity contribution is -0.385. The van der Waals surface area contributed by atoms with E-state index in [2.05, 4.69) is 31.7 Å². The van der Waals surface area contributed by atoms with Gasteiger partial charge in [-0.15, -0.1) is 0 Å². The molecule has 0 bridgehead atoms. The van der Waals surface area contributed by atoms with E-state index < -0.39 is 9.85 Å². The van der Waals surface area contributed by atoms with E-state index in [0.717, 1.165) is 0 Å². The molecule has 0 unspecified atom stereocenters. The van der Waals surface area contributed by atoms with E-state index >= 15 is 0 Å². The monoisotopic (exact) mass is 518 g/mol. The summed E-state index contributed by atoms with van der Waals surface area (Å²) in [5, 5.41) is 21.5. The van der Waals surface area contributed by atoms with E-state index in [4.69, 9.17) is 0 Å². The molecule has 0 heterocycles. The number of carbonyl (C=O) groups is 2. The van der Waals surface area contributed by atoms with E-state index in [1.807, 2.05) is 0 Å². The Morgan fingerprint density at radius 3 is 1.18 bits per heavy atom. The van der Waals surface area contributed by atoms with E-state index in [1.54, 1.807) is 24.3 Å². The summed E-state index contributed by atoms with van der Waals surface area (Å²) in [7, 11) is 0. The first kappa shape index (κ1) is 26.9. The number of nitrogens with zero attached hydrogens (tertiary/aromatic N) is 4. The molecule has 0 saturated heterocycles. The molecule has 0 amide bonds. The molecule has 0 radical (unpaired) electrons. The lowest BCUT2D eigenvalue weighted by atomic mass is 10.2. The topological polar surface area (TPSA) is 193 Å². The van der Waals surface area contributed by atoms with Gasteiger partial charge in [0.2, 0.25) is 0 Å². The molecule has 0 aliphatic carbocycles. The second kappa shape index (κ2) is 12.3. The first-order valence-electron chi connectivity index (χ1n) is 10.9. The predicted molar refractivity (Wildman–Crippen MR) is 142 cm³/mol. The minimum absolute atomic E-state index is 0.00186. The van der Waals surface area contributed by atoms with Crippen LogP contribution in [-0.4, -0.2) is 33.1 Å². The van der Waals surface area contributed by atoms with E-state index in [9.17, 15) is 29.8 Å². The normalized spacial score (nSPS) is 11.3. The molecular weight excluding hydrogens is 496 g/mol. The number of ketones is 2. The fraction of sp³-hybridized carbons (Fsp3) is 0.0833. The van der Waals surface area contributed by atoms with E-state index in [-0.39, 0.29) is 34.6 Å². The number of hydrogen-bond donors (Lipinski definition) is 4. The van der Waals surface area contributed by atoms with Gasteiger partial charge in [-0.3, -0.25) is 51.5 Å². The van der Waals surface area contributed by atoms with Gasteiger partial charge in [-0.2, -0.15) is 0 Å². The molecule has 14 nitrogen and oxygen atoms in total. The zero-order valence-corrected chi connectivity index (χ0v) is 20.2. The van der Waals surface area contributed by atoms with Gasteiger partial charge in [0.1, 0.15) is 0 Å². The Morgan fingerprint density at radius 2 is 0.921 bits per heavy atom. The first-order chi connectivity index (χ1) is 18.1. The van der Waals surface area contributed by atoms with E-state index in [0.29, 0.717) is 22.7 Å². The number of nitrogens with one attached hydrogen (secondary N) is 4. The zero-order chi connectivity index (χ0) is 27.7. The van der Waals surface area contributed by atoms with Crippen LogP contribution < -0.4 is 21.7 Å². The van der Waals surface area contributed by atoms with Crippen LogP contribution in [0.2, 0.25) is 0 Å². The maximum atomic E-state index is 12.0. The Morgan fingerprint density at radius 1 is 0.605 bits per heavy atom. The summed E-state index contributed by atoms with van der Waals surface area (Å²) in [4.78, 5) is 53.0. The highest BCUT2D eigenvalue weighted by Gasteiger charge is 2.10. The van der Waals surface area contributed by atoms with Crippen molar-refractivity contribution in [3.8, 4) is 0 Å². The third-order valence-corrected chi connectivity index (χ3v) is 4.81. The van der Waals surface area contributed by atoms with Crippen molar-refractivity contribution >= 4 is 57.4 Å². The van der Waals surface area contributed by atoms with Crippen LogP contribution in [0.15, 0.2) is 82.8 Å². The lowest BCUT2D eigenvalue weighted by Crippen LogP contribution is -2.34. The molecule has 0 aliphatic heterocycles. The summed E-state index contributed by atoms with van der Waals surface area (Å²) < 4.78 is 0. The number of anilines is 2. The van der Waals surface area contributed by atoms with Crippen LogP contribution in [0.5, 0.6) is 0 Å². The average Bonchev–Trinajstić information content (AvgIpc) is 2.89. The molecule has 0 fully saturated rings.